The van der Waals surface area contributed by atoms with Crippen molar-refractivity contribution in [3.8, 4) is 34.3 Å². The first-order valence-corrected chi connectivity index (χ1v) is 10.5. The van der Waals surface area contributed by atoms with Gasteiger partial charge in [-0.2, -0.15) is 18.3 Å². The highest BCUT2D eigenvalue weighted by atomic mass is 32.2. The van der Waals surface area contributed by atoms with Gasteiger partial charge in [0.15, 0.2) is 27.0 Å². The van der Waals surface area contributed by atoms with E-state index in [9.17, 15) is 21.6 Å². The Morgan fingerprint density at radius 2 is 1.58 bits per heavy atom. The summed E-state index contributed by atoms with van der Waals surface area (Å²) in [5, 5.41) is 3.69. The number of hydrogen-bond acceptors (Lipinski definition) is 7. The van der Waals surface area contributed by atoms with E-state index in [1.54, 1.807) is 0 Å². The number of nitrogens with zero attached hydrogens (tertiary/aromatic N) is 3. The van der Waals surface area contributed by atoms with Gasteiger partial charge in [0.05, 0.1) is 43.3 Å². The van der Waals surface area contributed by atoms with Crippen LogP contribution < -0.4 is 14.2 Å². The van der Waals surface area contributed by atoms with E-state index in [1.807, 2.05) is 0 Å². The summed E-state index contributed by atoms with van der Waals surface area (Å²) >= 11 is 0. The van der Waals surface area contributed by atoms with Crippen molar-refractivity contribution in [2.45, 2.75) is 11.1 Å². The summed E-state index contributed by atoms with van der Waals surface area (Å²) in [6, 6.07) is 6.26. The lowest BCUT2D eigenvalue weighted by Gasteiger charge is -2.15. The van der Waals surface area contributed by atoms with Crippen LogP contribution in [0.4, 0.5) is 13.2 Å². The van der Waals surface area contributed by atoms with Crippen LogP contribution in [0.5, 0.6) is 17.2 Å². The van der Waals surface area contributed by atoms with Gasteiger partial charge in [-0.1, -0.05) is 0 Å². The molecule has 0 radical (unpaired) electrons. The maximum absolute atomic E-state index is 13.4. The number of halogens is 3. The van der Waals surface area contributed by atoms with Crippen LogP contribution in [0.1, 0.15) is 5.69 Å². The summed E-state index contributed by atoms with van der Waals surface area (Å²) in [6.07, 6.45) is -2.64. The second-order valence-corrected chi connectivity index (χ2v) is 8.37. The third kappa shape index (κ3) is 4.43. The average Bonchev–Trinajstić information content (AvgIpc) is 3.18. The summed E-state index contributed by atoms with van der Waals surface area (Å²) in [5.74, 6) is 0.689. The fraction of sp³-hybridized carbons (Fsp3) is 0.263. The highest BCUT2D eigenvalue weighted by molar-refractivity contribution is 7.90. The summed E-state index contributed by atoms with van der Waals surface area (Å²) < 4.78 is 80.3. The fourth-order valence-corrected chi connectivity index (χ4v) is 3.40. The van der Waals surface area contributed by atoms with E-state index >= 15 is 0 Å². The van der Waals surface area contributed by atoms with Crippen LogP contribution >= 0.6 is 0 Å². The van der Waals surface area contributed by atoms with Gasteiger partial charge in [0.2, 0.25) is 5.75 Å². The molecule has 8 nitrogen and oxygen atoms in total. The van der Waals surface area contributed by atoms with Gasteiger partial charge >= 0.3 is 6.18 Å². The lowest BCUT2D eigenvalue weighted by atomic mass is 10.2. The normalized spacial score (nSPS) is 12.0. The van der Waals surface area contributed by atoms with Crippen LogP contribution in [0.15, 0.2) is 41.4 Å². The molecule has 31 heavy (non-hydrogen) atoms. The first-order valence-electron chi connectivity index (χ1n) is 8.63. The van der Waals surface area contributed by atoms with Crippen molar-refractivity contribution in [3.63, 3.8) is 0 Å². The summed E-state index contributed by atoms with van der Waals surface area (Å²) in [7, 11) is 0.623. The molecule has 0 unspecified atom stereocenters. The minimum atomic E-state index is -4.71. The van der Waals surface area contributed by atoms with Crippen LogP contribution in [-0.4, -0.2) is 50.8 Å². The predicted octanol–water partition coefficient (Wildman–Crippen LogP) is 3.38. The van der Waals surface area contributed by atoms with Gasteiger partial charge < -0.3 is 14.2 Å². The second kappa shape index (κ2) is 8.10. The Labute approximate surface area is 176 Å². The molecule has 0 aliphatic carbocycles. The Bertz CT molecular complexity index is 1180. The molecule has 3 aromatic rings. The molecule has 0 saturated carbocycles. The molecule has 166 valence electrons. The second-order valence-electron chi connectivity index (χ2n) is 6.36. The van der Waals surface area contributed by atoms with E-state index in [1.165, 1.54) is 45.6 Å². The van der Waals surface area contributed by atoms with Crippen molar-refractivity contribution in [1.82, 2.24) is 14.8 Å². The summed E-state index contributed by atoms with van der Waals surface area (Å²) in [4.78, 5) is 3.96. The van der Waals surface area contributed by atoms with Crippen molar-refractivity contribution in [2.24, 2.45) is 0 Å². The molecular formula is C19H18F3N3O5S. The molecule has 0 aliphatic rings. The van der Waals surface area contributed by atoms with Crippen molar-refractivity contribution in [2.75, 3.05) is 27.6 Å². The van der Waals surface area contributed by atoms with Gasteiger partial charge in [0, 0.05) is 24.6 Å². The molecule has 0 N–H and O–H groups in total. The van der Waals surface area contributed by atoms with E-state index < -0.39 is 21.7 Å². The largest absolute Gasteiger partial charge is 0.493 e. The molecule has 0 aliphatic heterocycles. The molecule has 3 rings (SSSR count). The highest BCUT2D eigenvalue weighted by Gasteiger charge is 2.35. The fourth-order valence-electron chi connectivity index (χ4n) is 2.84. The van der Waals surface area contributed by atoms with Crippen LogP contribution in [0, 0.1) is 0 Å². The monoisotopic (exact) mass is 457 g/mol. The SMILES string of the molecule is COc1cc(-n2nc(C(F)(F)F)cc2-c2ccc(S(C)(=O)=O)cn2)cc(OC)c1OC. The minimum absolute atomic E-state index is 0.0124. The number of benzene rings is 1. The summed E-state index contributed by atoms with van der Waals surface area (Å²) in [6.45, 7) is 0. The standard InChI is InChI=1S/C19H18F3N3O5S/c1-28-15-7-11(8-16(29-2)18(15)30-3)25-14(9-17(24-25)19(20,21)22)13-6-5-12(10-23-13)31(4,26)27/h5-10H,1-4H3. The smallest absolute Gasteiger partial charge is 0.435 e. The van der Waals surface area contributed by atoms with Gasteiger partial charge in [-0.05, 0) is 18.2 Å². The quantitative estimate of drug-likeness (QED) is 0.560. The Morgan fingerprint density at radius 3 is 2.00 bits per heavy atom. The van der Waals surface area contributed by atoms with Gasteiger partial charge in [-0.25, -0.2) is 13.1 Å². The number of ether oxygens (including phenoxy) is 3. The molecular weight excluding hydrogens is 439 g/mol. The van der Waals surface area contributed by atoms with Crippen LogP contribution in [-0.2, 0) is 16.0 Å². The van der Waals surface area contributed by atoms with E-state index in [-0.39, 0.29) is 39.2 Å². The van der Waals surface area contributed by atoms with Gasteiger partial charge in [-0.3, -0.25) is 4.98 Å². The van der Waals surface area contributed by atoms with Crippen molar-refractivity contribution >= 4 is 9.84 Å². The minimum Gasteiger partial charge on any atom is -0.493 e. The topological polar surface area (TPSA) is 92.5 Å². The number of rotatable bonds is 6. The zero-order valence-electron chi connectivity index (χ0n) is 16.9. The van der Waals surface area contributed by atoms with Gasteiger partial charge in [-0.15, -0.1) is 0 Å². The number of methoxy groups -OCH3 is 3. The van der Waals surface area contributed by atoms with Gasteiger partial charge in [0.1, 0.15) is 0 Å². The van der Waals surface area contributed by atoms with Crippen LogP contribution in [0.3, 0.4) is 0 Å². The number of pyridine rings is 1. The third-order valence-corrected chi connectivity index (χ3v) is 5.42. The van der Waals surface area contributed by atoms with Crippen LogP contribution in [0.25, 0.3) is 17.1 Å². The number of aromatic nitrogens is 3. The molecule has 12 heteroatoms. The molecule has 0 amide bonds. The Hall–Kier alpha value is -3.28. The Kier molecular flexibility index (Phi) is 5.85. The lowest BCUT2D eigenvalue weighted by Crippen LogP contribution is -2.08. The molecule has 0 spiro atoms. The molecule has 0 bridgehead atoms. The molecule has 0 saturated heterocycles. The number of sulfone groups is 1. The zero-order valence-corrected chi connectivity index (χ0v) is 17.7. The van der Waals surface area contributed by atoms with E-state index in [0.29, 0.717) is 0 Å². The van der Waals surface area contributed by atoms with E-state index in [0.717, 1.165) is 23.2 Å². The zero-order chi connectivity index (χ0) is 23.0. The highest BCUT2D eigenvalue weighted by Crippen LogP contribution is 2.41. The Balaban J connectivity index is 2.25. The first kappa shape index (κ1) is 22.4. The molecule has 1 aromatic carbocycles. The number of hydrogen-bond donors (Lipinski definition) is 0. The average molecular weight is 457 g/mol. The maximum Gasteiger partial charge on any atom is 0.435 e. The van der Waals surface area contributed by atoms with E-state index in [2.05, 4.69) is 10.1 Å². The van der Waals surface area contributed by atoms with Gasteiger partial charge in [0.25, 0.3) is 0 Å². The molecule has 2 aromatic heterocycles. The Morgan fingerprint density at radius 1 is 0.968 bits per heavy atom. The first-order chi connectivity index (χ1) is 14.5. The third-order valence-electron chi connectivity index (χ3n) is 4.32. The van der Waals surface area contributed by atoms with Crippen molar-refractivity contribution in [1.29, 1.82) is 0 Å². The number of alkyl halides is 3. The van der Waals surface area contributed by atoms with Crippen LogP contribution in [0.2, 0.25) is 0 Å². The molecule has 0 fully saturated rings. The molecule has 2 heterocycles. The maximum atomic E-state index is 13.4. The van der Waals surface area contributed by atoms with Crippen molar-refractivity contribution < 1.29 is 35.8 Å². The predicted molar refractivity (Wildman–Crippen MR) is 105 cm³/mol. The van der Waals surface area contributed by atoms with E-state index in [4.69, 9.17) is 14.2 Å². The summed E-state index contributed by atoms with van der Waals surface area (Å²) in [5.41, 5.74) is -0.884. The van der Waals surface area contributed by atoms with Crippen molar-refractivity contribution in [3.05, 3.63) is 42.2 Å². The molecule has 0 atom stereocenters. The lowest BCUT2D eigenvalue weighted by molar-refractivity contribution is -0.141.